The zero-order valence-electron chi connectivity index (χ0n) is 15.4. The van der Waals surface area contributed by atoms with E-state index in [9.17, 15) is 9.59 Å². The zero-order valence-corrected chi connectivity index (χ0v) is 16.9. The zero-order chi connectivity index (χ0) is 19.6. The highest BCUT2D eigenvalue weighted by Crippen LogP contribution is 2.23. The minimum Gasteiger partial charge on any atom is -0.343 e. The molecule has 0 saturated carbocycles. The number of ketones is 1. The Kier molecular flexibility index (Phi) is 5.56. The first kappa shape index (κ1) is 19.0. The molecule has 0 aliphatic heterocycles. The minimum atomic E-state index is -0.642. The molecule has 1 heterocycles. The molecule has 0 radical (unpaired) electrons. The third kappa shape index (κ3) is 3.85. The van der Waals surface area contributed by atoms with Crippen LogP contribution in [0.5, 0.6) is 0 Å². The molecule has 0 saturated heterocycles. The molecule has 0 bridgehead atoms. The van der Waals surface area contributed by atoms with Gasteiger partial charge in [-0.15, -0.1) is 0 Å². The van der Waals surface area contributed by atoms with Gasteiger partial charge in [0.15, 0.2) is 0 Å². The van der Waals surface area contributed by atoms with Crippen molar-refractivity contribution in [1.29, 1.82) is 0 Å². The van der Waals surface area contributed by atoms with Gasteiger partial charge in [-0.1, -0.05) is 52.3 Å². The number of hydrogen-bond acceptors (Lipinski definition) is 3. The number of rotatable bonds is 5. The van der Waals surface area contributed by atoms with Crippen LogP contribution >= 0.6 is 15.9 Å². The maximum Gasteiger partial charge on any atom is 0.293 e. The van der Waals surface area contributed by atoms with Gasteiger partial charge in [-0.05, 0) is 44.5 Å². The van der Waals surface area contributed by atoms with Crippen molar-refractivity contribution in [3.63, 3.8) is 0 Å². The first-order valence-electron chi connectivity index (χ1n) is 8.61. The molecule has 1 amide bonds. The minimum absolute atomic E-state index is 0.304. The van der Waals surface area contributed by atoms with Crippen molar-refractivity contribution in [1.82, 2.24) is 15.1 Å². The lowest BCUT2D eigenvalue weighted by atomic mass is 10.1. The average molecular weight is 426 g/mol. The highest BCUT2D eigenvalue weighted by molar-refractivity contribution is 9.10. The van der Waals surface area contributed by atoms with Crippen molar-refractivity contribution in [2.45, 2.75) is 26.8 Å². The van der Waals surface area contributed by atoms with Crippen LogP contribution in [-0.2, 0) is 4.79 Å². The summed E-state index contributed by atoms with van der Waals surface area (Å²) in [7, 11) is 0. The van der Waals surface area contributed by atoms with Crippen LogP contribution in [0.3, 0.4) is 0 Å². The van der Waals surface area contributed by atoms with E-state index in [1.807, 2.05) is 61.5 Å². The van der Waals surface area contributed by atoms with E-state index in [1.165, 1.54) is 0 Å². The van der Waals surface area contributed by atoms with Gasteiger partial charge in [0.25, 0.3) is 11.7 Å². The number of Topliss-reactive ketones (excluding diaryl/α,β-unsaturated/α-hetero) is 1. The SMILES string of the molecule is Cc1nn(-c2ccccc2)c(C)c1C(=O)C(=O)N[C@@H](C)c1ccccc1Br. The lowest BCUT2D eigenvalue weighted by molar-refractivity contribution is -0.117. The highest BCUT2D eigenvalue weighted by Gasteiger charge is 2.26. The second kappa shape index (κ2) is 7.88. The quantitative estimate of drug-likeness (QED) is 0.489. The normalized spacial score (nSPS) is 11.9. The average Bonchev–Trinajstić information content (AvgIpc) is 2.96. The van der Waals surface area contributed by atoms with Gasteiger partial charge in [0.05, 0.1) is 28.7 Å². The molecule has 1 atom stereocenters. The Hall–Kier alpha value is -2.73. The monoisotopic (exact) mass is 425 g/mol. The molecule has 5 nitrogen and oxygen atoms in total. The van der Waals surface area contributed by atoms with E-state index in [4.69, 9.17) is 0 Å². The second-order valence-corrected chi connectivity index (χ2v) is 7.19. The van der Waals surface area contributed by atoms with Crippen LogP contribution in [0.2, 0.25) is 0 Å². The Morgan fingerprint density at radius 1 is 1.04 bits per heavy atom. The van der Waals surface area contributed by atoms with Crippen molar-refractivity contribution in [3.05, 3.63) is 81.6 Å². The van der Waals surface area contributed by atoms with Gasteiger partial charge in [0, 0.05) is 4.47 Å². The number of aryl methyl sites for hydroxylation is 1. The van der Waals surface area contributed by atoms with Gasteiger partial charge in [0.2, 0.25) is 0 Å². The Morgan fingerprint density at radius 3 is 2.33 bits per heavy atom. The van der Waals surface area contributed by atoms with Gasteiger partial charge in [0.1, 0.15) is 0 Å². The van der Waals surface area contributed by atoms with Crippen LogP contribution in [0.1, 0.15) is 40.3 Å². The summed E-state index contributed by atoms with van der Waals surface area (Å²) in [6.07, 6.45) is 0. The summed E-state index contributed by atoms with van der Waals surface area (Å²) in [5.41, 5.74) is 3.28. The molecule has 1 aromatic heterocycles. The molecule has 0 unspecified atom stereocenters. The number of hydrogen-bond donors (Lipinski definition) is 1. The number of carbonyl (C=O) groups is 2. The van der Waals surface area contributed by atoms with E-state index in [0.29, 0.717) is 17.0 Å². The molecule has 6 heteroatoms. The molecule has 0 aliphatic carbocycles. The Balaban J connectivity index is 1.85. The van der Waals surface area contributed by atoms with Crippen LogP contribution < -0.4 is 5.32 Å². The summed E-state index contributed by atoms with van der Waals surface area (Å²) in [4.78, 5) is 25.4. The van der Waals surface area contributed by atoms with E-state index in [1.54, 1.807) is 18.5 Å². The molecular formula is C21H20BrN3O2. The van der Waals surface area contributed by atoms with Crippen molar-refractivity contribution in [2.75, 3.05) is 0 Å². The maximum atomic E-state index is 12.8. The van der Waals surface area contributed by atoms with Crippen molar-refractivity contribution in [3.8, 4) is 5.69 Å². The van der Waals surface area contributed by atoms with Gasteiger partial charge in [-0.25, -0.2) is 4.68 Å². The van der Waals surface area contributed by atoms with Gasteiger partial charge in [-0.2, -0.15) is 5.10 Å². The molecule has 3 aromatic rings. The van der Waals surface area contributed by atoms with Crippen LogP contribution in [-0.4, -0.2) is 21.5 Å². The third-order valence-electron chi connectivity index (χ3n) is 4.44. The summed E-state index contributed by atoms with van der Waals surface area (Å²) in [6, 6.07) is 16.8. The molecule has 0 fully saturated rings. The number of carbonyl (C=O) groups excluding carboxylic acids is 2. The molecule has 0 aliphatic rings. The molecule has 3 rings (SSSR count). The van der Waals surface area contributed by atoms with Crippen molar-refractivity contribution < 1.29 is 9.59 Å². The topological polar surface area (TPSA) is 64.0 Å². The maximum absolute atomic E-state index is 12.8. The van der Waals surface area contributed by atoms with Crippen molar-refractivity contribution in [2.24, 2.45) is 0 Å². The molecular weight excluding hydrogens is 406 g/mol. The number of nitrogens with zero attached hydrogens (tertiary/aromatic N) is 2. The van der Waals surface area contributed by atoms with Gasteiger partial charge in [-0.3, -0.25) is 9.59 Å². The van der Waals surface area contributed by atoms with E-state index in [0.717, 1.165) is 15.7 Å². The summed E-state index contributed by atoms with van der Waals surface area (Å²) in [5, 5.41) is 7.23. The van der Waals surface area contributed by atoms with Gasteiger partial charge < -0.3 is 5.32 Å². The molecule has 138 valence electrons. The standard InChI is InChI=1S/C21H20BrN3O2/c1-13(17-11-7-8-12-18(17)22)23-21(27)20(26)19-14(2)24-25(15(19)3)16-9-5-4-6-10-16/h4-13H,1-3H3,(H,23,27)/t13-/m0/s1. The fourth-order valence-corrected chi connectivity index (χ4v) is 3.70. The Morgan fingerprint density at radius 2 is 1.67 bits per heavy atom. The predicted octanol–water partition coefficient (Wildman–Crippen LogP) is 4.31. The third-order valence-corrected chi connectivity index (χ3v) is 5.17. The lowest BCUT2D eigenvalue weighted by Gasteiger charge is -2.15. The summed E-state index contributed by atoms with van der Waals surface area (Å²) >= 11 is 3.47. The second-order valence-electron chi connectivity index (χ2n) is 6.34. The van der Waals surface area contributed by atoms with Crippen LogP contribution in [0.25, 0.3) is 5.69 Å². The summed E-state index contributed by atoms with van der Waals surface area (Å²) in [6.45, 7) is 5.38. The summed E-state index contributed by atoms with van der Waals surface area (Å²) in [5.74, 6) is -1.22. The lowest BCUT2D eigenvalue weighted by Crippen LogP contribution is -2.33. The fourth-order valence-electron chi connectivity index (χ4n) is 3.07. The first-order chi connectivity index (χ1) is 12.9. The number of amides is 1. The summed E-state index contributed by atoms with van der Waals surface area (Å²) < 4.78 is 2.57. The molecule has 1 N–H and O–H groups in total. The largest absolute Gasteiger partial charge is 0.343 e. The number of halogens is 1. The van der Waals surface area contributed by atoms with E-state index >= 15 is 0 Å². The van der Waals surface area contributed by atoms with Crippen molar-refractivity contribution >= 4 is 27.6 Å². The number of para-hydroxylation sites is 1. The molecule has 27 heavy (non-hydrogen) atoms. The highest BCUT2D eigenvalue weighted by atomic mass is 79.9. The van der Waals surface area contributed by atoms with E-state index in [2.05, 4.69) is 26.3 Å². The smallest absolute Gasteiger partial charge is 0.293 e. The predicted molar refractivity (Wildman–Crippen MR) is 108 cm³/mol. The van der Waals surface area contributed by atoms with Crippen LogP contribution in [0, 0.1) is 13.8 Å². The number of benzene rings is 2. The van der Waals surface area contributed by atoms with E-state index < -0.39 is 11.7 Å². The number of nitrogens with one attached hydrogen (secondary N) is 1. The van der Waals surface area contributed by atoms with Crippen LogP contribution in [0.15, 0.2) is 59.1 Å². The van der Waals surface area contributed by atoms with E-state index in [-0.39, 0.29) is 6.04 Å². The van der Waals surface area contributed by atoms with Gasteiger partial charge >= 0.3 is 0 Å². The Bertz CT molecular complexity index is 996. The first-order valence-corrected chi connectivity index (χ1v) is 9.40. The number of aromatic nitrogens is 2. The Labute approximate surface area is 166 Å². The van der Waals surface area contributed by atoms with Crippen LogP contribution in [0.4, 0.5) is 0 Å². The molecule has 0 spiro atoms. The molecule has 2 aromatic carbocycles. The fraction of sp³-hybridized carbons (Fsp3) is 0.190.